The molecule has 10 heteroatoms. The predicted molar refractivity (Wildman–Crippen MR) is 70.0 cm³/mol. The first-order valence-electron chi connectivity index (χ1n) is 6.32. The average Bonchev–Trinajstić information content (AvgIpc) is 2.42. The number of amides is 1. The molecule has 0 atom stereocenters. The number of nitrogens with zero attached hydrogens (tertiary/aromatic N) is 2. The Balaban J connectivity index is 2.09. The average molecular weight is 298 g/mol. The van der Waals surface area contributed by atoms with E-state index in [1.54, 1.807) is 0 Å². The smallest absolute Gasteiger partial charge is 0.350 e. The summed E-state index contributed by atoms with van der Waals surface area (Å²) in [6, 6.07) is -0.0419. The Hall–Kier alpha value is -2.49. The second-order valence-electron chi connectivity index (χ2n) is 4.61. The lowest BCUT2D eigenvalue weighted by atomic mass is 10.1. The van der Waals surface area contributed by atoms with Crippen LogP contribution in [0, 0.1) is 10.1 Å². The Morgan fingerprint density at radius 1 is 1.48 bits per heavy atom. The number of hydrogen-bond acceptors (Lipinski definition) is 6. The summed E-state index contributed by atoms with van der Waals surface area (Å²) in [5, 5.41) is 13.4. The van der Waals surface area contributed by atoms with E-state index in [0.29, 0.717) is 26.1 Å². The van der Waals surface area contributed by atoms with Gasteiger partial charge in [0.05, 0.1) is 11.1 Å². The molecule has 0 aliphatic carbocycles. The van der Waals surface area contributed by atoms with Crippen molar-refractivity contribution in [1.29, 1.82) is 0 Å². The summed E-state index contributed by atoms with van der Waals surface area (Å²) in [5.41, 5.74) is -2.74. The third-order valence-corrected chi connectivity index (χ3v) is 3.09. The fourth-order valence-corrected chi connectivity index (χ4v) is 2.02. The zero-order valence-electron chi connectivity index (χ0n) is 11.0. The van der Waals surface area contributed by atoms with Gasteiger partial charge in [-0.3, -0.25) is 29.3 Å². The molecule has 2 rings (SSSR count). The first kappa shape index (κ1) is 14.9. The Morgan fingerprint density at radius 3 is 2.76 bits per heavy atom. The van der Waals surface area contributed by atoms with Crippen LogP contribution in [0.15, 0.2) is 15.8 Å². The van der Waals surface area contributed by atoms with E-state index >= 15 is 0 Å². The number of aromatic amines is 1. The lowest BCUT2D eigenvalue weighted by Crippen LogP contribution is -2.42. The van der Waals surface area contributed by atoms with Crippen LogP contribution in [0.2, 0.25) is 0 Å². The van der Waals surface area contributed by atoms with E-state index in [1.807, 2.05) is 4.98 Å². The summed E-state index contributed by atoms with van der Waals surface area (Å²) in [5.74, 6) is -0.453. The fraction of sp³-hybridized carbons (Fsp3) is 0.545. The van der Waals surface area contributed by atoms with Gasteiger partial charge in [0.25, 0.3) is 0 Å². The second kappa shape index (κ2) is 6.31. The maximum atomic E-state index is 11.8. The molecule has 0 unspecified atom stereocenters. The van der Waals surface area contributed by atoms with Gasteiger partial charge in [0.2, 0.25) is 5.91 Å². The standard InChI is InChI=1S/C11H14N4O6/c16-9(12-7-1-3-21-4-2-7)6-14-5-8(15(19)20)10(17)13-11(14)18/h5,7H,1-4,6H2,(H,12,16)(H,13,17,18). The minimum Gasteiger partial charge on any atom is -0.381 e. The topological polar surface area (TPSA) is 136 Å². The molecule has 2 heterocycles. The summed E-state index contributed by atoms with van der Waals surface area (Å²) in [7, 11) is 0. The summed E-state index contributed by atoms with van der Waals surface area (Å²) in [4.78, 5) is 46.1. The van der Waals surface area contributed by atoms with Crippen LogP contribution in [0.4, 0.5) is 5.69 Å². The van der Waals surface area contributed by atoms with E-state index in [1.165, 1.54) is 0 Å². The molecule has 1 aliphatic rings. The quantitative estimate of drug-likeness (QED) is 0.526. The molecule has 1 amide bonds. The molecule has 1 aliphatic heterocycles. The van der Waals surface area contributed by atoms with E-state index in [2.05, 4.69) is 5.32 Å². The summed E-state index contributed by atoms with van der Waals surface area (Å²) >= 11 is 0. The highest BCUT2D eigenvalue weighted by atomic mass is 16.6. The van der Waals surface area contributed by atoms with Crippen molar-refractivity contribution in [3.05, 3.63) is 37.1 Å². The number of hydrogen-bond donors (Lipinski definition) is 2. The lowest BCUT2D eigenvalue weighted by Gasteiger charge is -2.23. The number of aromatic nitrogens is 2. The van der Waals surface area contributed by atoms with Crippen molar-refractivity contribution < 1.29 is 14.5 Å². The van der Waals surface area contributed by atoms with Gasteiger partial charge in [-0.2, -0.15) is 0 Å². The van der Waals surface area contributed by atoms with Gasteiger partial charge in [0.1, 0.15) is 6.54 Å². The lowest BCUT2D eigenvalue weighted by molar-refractivity contribution is -0.386. The molecule has 114 valence electrons. The molecule has 0 saturated carbocycles. The van der Waals surface area contributed by atoms with Crippen molar-refractivity contribution in [1.82, 2.24) is 14.9 Å². The van der Waals surface area contributed by atoms with E-state index < -0.39 is 34.3 Å². The van der Waals surface area contributed by atoms with Crippen molar-refractivity contribution in [2.45, 2.75) is 25.4 Å². The highest BCUT2D eigenvalue weighted by Gasteiger charge is 2.19. The Labute approximate surface area is 117 Å². The van der Waals surface area contributed by atoms with Crippen LogP contribution in [0.5, 0.6) is 0 Å². The number of rotatable bonds is 4. The third kappa shape index (κ3) is 3.75. The third-order valence-electron chi connectivity index (χ3n) is 3.09. The molecule has 2 N–H and O–H groups in total. The zero-order valence-corrected chi connectivity index (χ0v) is 11.0. The fourth-order valence-electron chi connectivity index (χ4n) is 2.02. The van der Waals surface area contributed by atoms with Crippen molar-refractivity contribution >= 4 is 11.6 Å². The van der Waals surface area contributed by atoms with Gasteiger partial charge >= 0.3 is 16.9 Å². The molecule has 1 saturated heterocycles. The van der Waals surface area contributed by atoms with Gasteiger partial charge in [0, 0.05) is 19.3 Å². The van der Waals surface area contributed by atoms with E-state index in [9.17, 15) is 24.5 Å². The van der Waals surface area contributed by atoms with Crippen LogP contribution in [0.25, 0.3) is 0 Å². The SMILES string of the molecule is O=C(Cn1cc([N+](=O)[O-])c(=O)[nH]c1=O)NC1CCOCC1. The van der Waals surface area contributed by atoms with Crippen molar-refractivity contribution in [3.8, 4) is 0 Å². The van der Waals surface area contributed by atoms with E-state index in [-0.39, 0.29) is 6.04 Å². The van der Waals surface area contributed by atoms with Crippen LogP contribution in [0.1, 0.15) is 12.8 Å². The van der Waals surface area contributed by atoms with Crippen LogP contribution in [0.3, 0.4) is 0 Å². The summed E-state index contributed by atoms with van der Waals surface area (Å²) in [6.45, 7) is 0.706. The number of nitro groups is 1. The van der Waals surface area contributed by atoms with Crippen LogP contribution in [-0.4, -0.2) is 39.6 Å². The Bertz CT molecular complexity index is 657. The van der Waals surface area contributed by atoms with Crippen LogP contribution < -0.4 is 16.6 Å². The molecule has 1 aromatic heterocycles. The van der Waals surface area contributed by atoms with Gasteiger partial charge in [-0.05, 0) is 12.8 Å². The summed E-state index contributed by atoms with van der Waals surface area (Å²) in [6.07, 6.45) is 2.11. The molecule has 21 heavy (non-hydrogen) atoms. The molecular formula is C11H14N4O6. The number of carbonyl (C=O) groups is 1. The monoisotopic (exact) mass is 298 g/mol. The first-order chi connectivity index (χ1) is 9.97. The first-order valence-corrected chi connectivity index (χ1v) is 6.32. The highest BCUT2D eigenvalue weighted by Crippen LogP contribution is 2.06. The van der Waals surface area contributed by atoms with Crippen LogP contribution in [-0.2, 0) is 16.1 Å². The van der Waals surface area contributed by atoms with Gasteiger partial charge in [-0.15, -0.1) is 0 Å². The number of ether oxygens (including phenoxy) is 1. The highest BCUT2D eigenvalue weighted by molar-refractivity contribution is 5.76. The van der Waals surface area contributed by atoms with Crippen LogP contribution >= 0.6 is 0 Å². The Kier molecular flexibility index (Phi) is 4.48. The van der Waals surface area contributed by atoms with E-state index in [0.717, 1.165) is 10.8 Å². The maximum absolute atomic E-state index is 11.8. The Morgan fingerprint density at radius 2 is 2.14 bits per heavy atom. The van der Waals surface area contributed by atoms with Gasteiger partial charge in [0.15, 0.2) is 0 Å². The zero-order chi connectivity index (χ0) is 15.4. The molecule has 0 bridgehead atoms. The predicted octanol–water partition coefficient (Wildman–Crippen LogP) is -1.26. The molecule has 10 nitrogen and oxygen atoms in total. The van der Waals surface area contributed by atoms with Crippen molar-refractivity contribution in [2.75, 3.05) is 13.2 Å². The largest absolute Gasteiger partial charge is 0.381 e. The molecular weight excluding hydrogens is 284 g/mol. The number of nitrogens with one attached hydrogen (secondary N) is 2. The molecule has 0 aromatic carbocycles. The van der Waals surface area contributed by atoms with Crippen molar-refractivity contribution in [3.63, 3.8) is 0 Å². The second-order valence-corrected chi connectivity index (χ2v) is 4.61. The minimum absolute atomic E-state index is 0.0419. The summed E-state index contributed by atoms with van der Waals surface area (Å²) < 4.78 is 5.95. The minimum atomic E-state index is -1.09. The maximum Gasteiger partial charge on any atom is 0.350 e. The molecule has 0 spiro atoms. The van der Waals surface area contributed by atoms with Gasteiger partial charge in [-0.25, -0.2) is 4.79 Å². The molecule has 1 aromatic rings. The van der Waals surface area contributed by atoms with E-state index in [4.69, 9.17) is 4.74 Å². The number of H-pyrrole nitrogens is 1. The molecule has 0 radical (unpaired) electrons. The van der Waals surface area contributed by atoms with Gasteiger partial charge < -0.3 is 10.1 Å². The number of carbonyl (C=O) groups excluding carboxylic acids is 1. The normalized spacial score (nSPS) is 15.6. The van der Waals surface area contributed by atoms with Gasteiger partial charge in [-0.1, -0.05) is 0 Å². The molecule has 1 fully saturated rings. The van der Waals surface area contributed by atoms with Crippen molar-refractivity contribution in [2.24, 2.45) is 0 Å².